The minimum atomic E-state index is -0.147. The Balaban J connectivity index is 1.73. The van der Waals surface area contributed by atoms with E-state index in [0.29, 0.717) is 23.6 Å². The van der Waals surface area contributed by atoms with Gasteiger partial charge in [-0.05, 0) is 30.3 Å². The first-order valence-corrected chi connectivity index (χ1v) is 7.13. The average molecular weight is 311 g/mol. The van der Waals surface area contributed by atoms with E-state index in [-0.39, 0.29) is 5.91 Å². The Morgan fingerprint density at radius 3 is 2.83 bits per heavy atom. The minimum absolute atomic E-state index is 0.147. The number of methoxy groups -OCH3 is 2. The minimum Gasteiger partial charge on any atom is -0.497 e. The number of fused-ring (bicyclic) bond motifs is 1. The first-order chi connectivity index (χ1) is 11.2. The second-order valence-electron chi connectivity index (χ2n) is 5.03. The maximum atomic E-state index is 12.3. The van der Waals surface area contributed by atoms with Crippen LogP contribution in [-0.2, 0) is 6.54 Å². The normalized spacial score (nSPS) is 10.5. The van der Waals surface area contributed by atoms with Gasteiger partial charge in [0, 0.05) is 29.1 Å². The van der Waals surface area contributed by atoms with E-state index < -0.39 is 0 Å². The third-order valence-corrected chi connectivity index (χ3v) is 3.64. The van der Waals surface area contributed by atoms with Crippen LogP contribution in [0.4, 0.5) is 0 Å². The van der Waals surface area contributed by atoms with Crippen molar-refractivity contribution < 1.29 is 14.3 Å². The Hall–Kier alpha value is -3.02. The molecule has 1 aromatic heterocycles. The maximum absolute atomic E-state index is 12.3. The summed E-state index contributed by atoms with van der Waals surface area (Å²) in [5.41, 5.74) is 2.37. The number of benzene rings is 2. The molecule has 0 radical (unpaired) electrons. The van der Waals surface area contributed by atoms with Gasteiger partial charge < -0.3 is 14.8 Å². The molecule has 3 aromatic rings. The highest BCUT2D eigenvalue weighted by atomic mass is 16.5. The molecule has 6 nitrogen and oxygen atoms in total. The third-order valence-electron chi connectivity index (χ3n) is 3.64. The molecule has 0 spiro atoms. The zero-order valence-electron chi connectivity index (χ0n) is 12.9. The quantitative estimate of drug-likeness (QED) is 0.759. The fourth-order valence-electron chi connectivity index (χ4n) is 2.36. The van der Waals surface area contributed by atoms with Crippen molar-refractivity contribution in [3.05, 3.63) is 53.7 Å². The van der Waals surface area contributed by atoms with Crippen LogP contribution in [0.2, 0.25) is 0 Å². The van der Waals surface area contributed by atoms with Gasteiger partial charge in [-0.1, -0.05) is 0 Å². The van der Waals surface area contributed by atoms with Gasteiger partial charge >= 0.3 is 0 Å². The summed E-state index contributed by atoms with van der Waals surface area (Å²) in [4.78, 5) is 12.3. The topological polar surface area (TPSA) is 76.2 Å². The number of amides is 1. The molecule has 2 aromatic carbocycles. The molecule has 118 valence electrons. The first kappa shape index (κ1) is 14.9. The van der Waals surface area contributed by atoms with Crippen LogP contribution in [0.1, 0.15) is 15.9 Å². The summed E-state index contributed by atoms with van der Waals surface area (Å²) in [7, 11) is 3.19. The molecule has 6 heteroatoms. The van der Waals surface area contributed by atoms with E-state index in [4.69, 9.17) is 9.47 Å². The molecule has 0 aliphatic heterocycles. The van der Waals surface area contributed by atoms with Crippen LogP contribution >= 0.6 is 0 Å². The summed E-state index contributed by atoms with van der Waals surface area (Å²) in [6.45, 7) is 0.370. The average Bonchev–Trinajstić information content (AvgIpc) is 3.07. The van der Waals surface area contributed by atoms with Gasteiger partial charge in [-0.3, -0.25) is 9.89 Å². The molecule has 0 atom stereocenters. The third kappa shape index (κ3) is 3.11. The number of ether oxygens (including phenoxy) is 2. The van der Waals surface area contributed by atoms with E-state index in [1.807, 2.05) is 18.2 Å². The molecule has 0 saturated heterocycles. The highest BCUT2D eigenvalue weighted by Crippen LogP contribution is 2.24. The number of hydrogen-bond acceptors (Lipinski definition) is 4. The second kappa shape index (κ2) is 6.39. The van der Waals surface area contributed by atoms with Gasteiger partial charge in [0.25, 0.3) is 5.91 Å². The van der Waals surface area contributed by atoms with E-state index >= 15 is 0 Å². The van der Waals surface area contributed by atoms with Gasteiger partial charge in [-0.15, -0.1) is 0 Å². The van der Waals surface area contributed by atoms with Crippen molar-refractivity contribution in [2.45, 2.75) is 6.54 Å². The smallest absolute Gasteiger partial charge is 0.251 e. The van der Waals surface area contributed by atoms with Crippen LogP contribution in [0.5, 0.6) is 11.5 Å². The van der Waals surface area contributed by atoms with E-state index in [0.717, 1.165) is 16.5 Å². The molecule has 0 unspecified atom stereocenters. The molecule has 1 amide bonds. The van der Waals surface area contributed by atoms with Crippen LogP contribution < -0.4 is 14.8 Å². The number of rotatable bonds is 5. The van der Waals surface area contributed by atoms with Crippen molar-refractivity contribution in [3.63, 3.8) is 0 Å². The van der Waals surface area contributed by atoms with Crippen LogP contribution in [0.25, 0.3) is 10.9 Å². The van der Waals surface area contributed by atoms with Crippen molar-refractivity contribution in [1.29, 1.82) is 0 Å². The molecule has 1 heterocycles. The fourth-order valence-corrected chi connectivity index (χ4v) is 2.36. The zero-order chi connectivity index (χ0) is 16.2. The van der Waals surface area contributed by atoms with Gasteiger partial charge in [-0.25, -0.2) is 0 Å². The van der Waals surface area contributed by atoms with Crippen molar-refractivity contribution in [1.82, 2.24) is 15.5 Å². The standard InChI is InChI=1S/C17H17N3O3/c1-22-14-5-3-12(16(8-14)23-2)9-18-17(21)11-4-6-15-13(7-11)10-19-20-15/h3-8,10H,9H2,1-2H3,(H,18,21)(H,19,20). The number of nitrogens with one attached hydrogen (secondary N) is 2. The van der Waals surface area contributed by atoms with Gasteiger partial charge in [0.15, 0.2) is 0 Å². The summed E-state index contributed by atoms with van der Waals surface area (Å²) < 4.78 is 10.5. The maximum Gasteiger partial charge on any atom is 0.251 e. The van der Waals surface area contributed by atoms with Crippen molar-refractivity contribution in [2.24, 2.45) is 0 Å². The number of nitrogens with zero attached hydrogens (tertiary/aromatic N) is 1. The molecule has 3 rings (SSSR count). The molecule has 0 fully saturated rings. The lowest BCUT2D eigenvalue weighted by Crippen LogP contribution is -2.23. The van der Waals surface area contributed by atoms with Gasteiger partial charge in [-0.2, -0.15) is 5.10 Å². The van der Waals surface area contributed by atoms with E-state index in [1.165, 1.54) is 0 Å². The summed E-state index contributed by atoms with van der Waals surface area (Å²) in [5.74, 6) is 1.24. The van der Waals surface area contributed by atoms with Gasteiger partial charge in [0.05, 0.1) is 25.9 Å². The van der Waals surface area contributed by atoms with Crippen LogP contribution in [0.3, 0.4) is 0 Å². The second-order valence-corrected chi connectivity index (χ2v) is 5.03. The lowest BCUT2D eigenvalue weighted by molar-refractivity contribution is 0.0951. The number of hydrogen-bond donors (Lipinski definition) is 2. The van der Waals surface area contributed by atoms with Crippen molar-refractivity contribution in [3.8, 4) is 11.5 Å². The lowest BCUT2D eigenvalue weighted by atomic mass is 10.1. The monoisotopic (exact) mass is 311 g/mol. The number of carbonyl (C=O) groups is 1. The molecule has 0 aliphatic carbocycles. The molecular formula is C17H17N3O3. The SMILES string of the molecule is COc1ccc(CNC(=O)c2ccc3[nH]ncc3c2)c(OC)c1. The highest BCUT2D eigenvalue weighted by molar-refractivity contribution is 5.97. The highest BCUT2D eigenvalue weighted by Gasteiger charge is 2.10. The van der Waals surface area contributed by atoms with E-state index in [1.54, 1.807) is 38.6 Å². The molecule has 2 N–H and O–H groups in total. The molecular weight excluding hydrogens is 294 g/mol. The van der Waals surface area contributed by atoms with Crippen molar-refractivity contribution in [2.75, 3.05) is 14.2 Å². The molecule has 0 aliphatic rings. The summed E-state index contributed by atoms with van der Waals surface area (Å²) in [5, 5.41) is 10.6. The Morgan fingerprint density at radius 2 is 2.04 bits per heavy atom. The van der Waals surface area contributed by atoms with Crippen LogP contribution in [0.15, 0.2) is 42.6 Å². The Morgan fingerprint density at radius 1 is 1.17 bits per heavy atom. The van der Waals surface area contributed by atoms with Crippen molar-refractivity contribution >= 4 is 16.8 Å². The number of aromatic amines is 1. The number of carbonyl (C=O) groups excluding carboxylic acids is 1. The largest absolute Gasteiger partial charge is 0.497 e. The summed E-state index contributed by atoms with van der Waals surface area (Å²) in [6.07, 6.45) is 1.69. The van der Waals surface area contributed by atoms with Crippen LogP contribution in [-0.4, -0.2) is 30.3 Å². The first-order valence-electron chi connectivity index (χ1n) is 7.13. The van der Waals surface area contributed by atoms with E-state index in [9.17, 15) is 4.79 Å². The number of H-pyrrole nitrogens is 1. The van der Waals surface area contributed by atoms with Gasteiger partial charge in [0.2, 0.25) is 0 Å². The Kier molecular flexibility index (Phi) is 4.14. The lowest BCUT2D eigenvalue weighted by Gasteiger charge is -2.11. The van der Waals surface area contributed by atoms with E-state index in [2.05, 4.69) is 15.5 Å². The predicted octanol–water partition coefficient (Wildman–Crippen LogP) is 2.51. The van der Waals surface area contributed by atoms with Gasteiger partial charge in [0.1, 0.15) is 11.5 Å². The predicted molar refractivity (Wildman–Crippen MR) is 86.8 cm³/mol. The fraction of sp³-hybridized carbons (Fsp3) is 0.176. The zero-order valence-corrected chi connectivity index (χ0v) is 12.9. The Labute approximate surface area is 133 Å². The summed E-state index contributed by atoms with van der Waals surface area (Å²) >= 11 is 0. The molecule has 0 saturated carbocycles. The number of aromatic nitrogens is 2. The summed E-state index contributed by atoms with van der Waals surface area (Å²) in [6, 6.07) is 10.9. The van der Waals surface area contributed by atoms with Crippen LogP contribution in [0, 0.1) is 0 Å². The molecule has 0 bridgehead atoms. The molecule has 23 heavy (non-hydrogen) atoms. The Bertz CT molecular complexity index is 842.